The minimum Gasteiger partial charge on any atom is -0.628 e. The average molecular weight is 200 g/mol. The number of rotatable bonds is 2. The van der Waals surface area contributed by atoms with Crippen LogP contribution in [0.25, 0.3) is 0 Å². The highest BCUT2D eigenvalue weighted by molar-refractivity contribution is 7.84. The lowest BCUT2D eigenvalue weighted by Gasteiger charge is -2.25. The Morgan fingerprint density at radius 1 is 1.38 bits per heavy atom. The molecule has 13 heavy (non-hydrogen) atoms. The molecule has 0 aliphatic heterocycles. The third kappa shape index (κ3) is 2.35. The van der Waals surface area contributed by atoms with Gasteiger partial charge in [0.15, 0.2) is 0 Å². The predicted octanol–water partition coefficient (Wildman–Crippen LogP) is 0.244. The Hall–Kier alpha value is -0.750. The van der Waals surface area contributed by atoms with Crippen LogP contribution in [0.5, 0.6) is 0 Å². The van der Waals surface area contributed by atoms with Crippen molar-refractivity contribution >= 4 is 16.5 Å². The van der Waals surface area contributed by atoms with Gasteiger partial charge in [0, 0.05) is 23.3 Å². The van der Waals surface area contributed by atoms with Crippen LogP contribution in [-0.4, -0.2) is 10.5 Å². The zero-order chi connectivity index (χ0) is 10.0. The molecule has 0 spiro atoms. The summed E-state index contributed by atoms with van der Waals surface area (Å²) in [7, 11) is -1.08. The van der Waals surface area contributed by atoms with Crippen molar-refractivity contribution in [3.63, 3.8) is 0 Å². The van der Waals surface area contributed by atoms with Crippen molar-refractivity contribution in [3.8, 4) is 0 Å². The number of aryl methyl sites for hydroxylation is 1. The first-order valence-electron chi connectivity index (χ1n) is 3.68. The molecule has 0 saturated heterocycles. The molecule has 1 aromatic carbocycles. The van der Waals surface area contributed by atoms with Gasteiger partial charge in [0.05, 0.1) is 10.8 Å². The lowest BCUT2D eigenvalue weighted by atomic mass is 10.2. The van der Waals surface area contributed by atoms with Gasteiger partial charge >= 0.3 is 0 Å². The van der Waals surface area contributed by atoms with E-state index in [1.54, 1.807) is 19.2 Å². The maximum Gasteiger partial charge on any atom is 0.131 e. The normalized spacial score (nSPS) is 13.3. The zero-order valence-electron chi connectivity index (χ0n) is 7.37. The summed E-state index contributed by atoms with van der Waals surface area (Å²) in [5.41, 5.74) is 0.828. The van der Waals surface area contributed by atoms with Crippen molar-refractivity contribution in [3.05, 3.63) is 34.2 Å². The van der Waals surface area contributed by atoms with Crippen molar-refractivity contribution in [2.45, 2.75) is 11.8 Å². The van der Waals surface area contributed by atoms with E-state index < -0.39 is 16.0 Å². The van der Waals surface area contributed by atoms with Crippen LogP contribution in [0.4, 0.5) is 5.69 Å². The molecule has 0 amide bonds. The van der Waals surface area contributed by atoms with Gasteiger partial charge in [0.1, 0.15) is 5.69 Å². The Balaban J connectivity index is 3.13. The third-order valence-corrected chi connectivity index (χ3v) is 2.80. The topological polar surface area (TPSA) is 67.6 Å². The fraction of sp³-hybridized carbons (Fsp3) is 0.250. The maximum atomic E-state index is 11.1. The molecule has 0 bridgehead atoms. The Morgan fingerprint density at radius 2 is 2.00 bits per heavy atom. The van der Waals surface area contributed by atoms with Gasteiger partial charge in [-0.1, -0.05) is 0 Å². The summed E-state index contributed by atoms with van der Waals surface area (Å²) in [4.78, 5) is 0.657. The minimum absolute atomic E-state index is 0.117. The fourth-order valence-corrected chi connectivity index (χ4v) is 1.87. The second kappa shape index (κ2) is 3.97. The maximum absolute atomic E-state index is 11.1. The van der Waals surface area contributed by atoms with Gasteiger partial charge in [-0.3, -0.25) is 4.21 Å². The van der Waals surface area contributed by atoms with Crippen molar-refractivity contribution < 1.29 is 9.44 Å². The van der Waals surface area contributed by atoms with E-state index >= 15 is 0 Å². The van der Waals surface area contributed by atoms with Crippen molar-refractivity contribution in [1.29, 1.82) is 0 Å². The Labute approximate surface area is 78.8 Å². The standard InChI is InChI=1S/C8H10NO3S/c1-6-5-7(9(10)11)3-4-8(6)13(2)12/h3-5,9H,1-2H3/q-1. The molecule has 4 nitrogen and oxygen atoms in total. The molecular formula is C8H10NO3S-. The van der Waals surface area contributed by atoms with Crippen LogP contribution in [0.15, 0.2) is 23.1 Å². The molecule has 72 valence electrons. The smallest absolute Gasteiger partial charge is 0.131 e. The summed E-state index contributed by atoms with van der Waals surface area (Å²) in [6.45, 7) is 1.73. The second-order valence-electron chi connectivity index (χ2n) is 2.72. The van der Waals surface area contributed by atoms with Gasteiger partial charge in [0.2, 0.25) is 0 Å². The van der Waals surface area contributed by atoms with Crippen LogP contribution in [0.3, 0.4) is 0 Å². The summed E-state index contributed by atoms with van der Waals surface area (Å²) in [5, 5.41) is 19.7. The van der Waals surface area contributed by atoms with Gasteiger partial charge in [-0.2, -0.15) is 0 Å². The van der Waals surface area contributed by atoms with Crippen LogP contribution in [-0.2, 0) is 10.8 Å². The SMILES string of the molecule is Cc1cc([NH+]([O-])[O-])ccc1S(C)=O. The van der Waals surface area contributed by atoms with E-state index in [1.165, 1.54) is 12.1 Å². The van der Waals surface area contributed by atoms with E-state index in [0.717, 1.165) is 0 Å². The highest BCUT2D eigenvalue weighted by Gasteiger charge is 2.04. The lowest BCUT2D eigenvalue weighted by molar-refractivity contribution is -0.715. The summed E-state index contributed by atoms with van der Waals surface area (Å²) >= 11 is 0. The van der Waals surface area contributed by atoms with Gasteiger partial charge in [-0.15, -0.1) is 0 Å². The molecule has 1 aromatic rings. The molecule has 0 saturated carbocycles. The van der Waals surface area contributed by atoms with E-state index in [2.05, 4.69) is 0 Å². The molecule has 0 aromatic heterocycles. The highest BCUT2D eigenvalue weighted by Crippen LogP contribution is 2.14. The van der Waals surface area contributed by atoms with E-state index in [9.17, 15) is 14.6 Å². The molecule has 5 heteroatoms. The molecule has 0 aliphatic rings. The minimum atomic E-state index is -1.21. The molecule has 0 radical (unpaired) electrons. The number of hydrogen-bond donors (Lipinski definition) is 1. The number of nitrogens with one attached hydrogen (secondary N) is 1. The van der Waals surface area contributed by atoms with Gasteiger partial charge in [0.25, 0.3) is 0 Å². The second-order valence-corrected chi connectivity index (χ2v) is 4.07. The molecule has 0 aliphatic carbocycles. The third-order valence-electron chi connectivity index (χ3n) is 1.72. The zero-order valence-corrected chi connectivity index (χ0v) is 8.18. The van der Waals surface area contributed by atoms with Crippen LogP contribution >= 0.6 is 0 Å². The van der Waals surface area contributed by atoms with Crippen LogP contribution in [0.2, 0.25) is 0 Å². The lowest BCUT2D eigenvalue weighted by Crippen LogP contribution is -2.96. The van der Waals surface area contributed by atoms with Gasteiger partial charge in [-0.05, 0) is 18.6 Å². The largest absolute Gasteiger partial charge is 0.628 e. The molecule has 1 rings (SSSR count). The Morgan fingerprint density at radius 3 is 2.38 bits per heavy atom. The Kier molecular flexibility index (Phi) is 3.16. The molecule has 1 atom stereocenters. The molecule has 0 fully saturated rings. The number of hydrogen-bond acceptors (Lipinski definition) is 3. The Bertz CT molecular complexity index is 338. The summed E-state index contributed by atoms with van der Waals surface area (Å²) < 4.78 is 11.1. The van der Waals surface area contributed by atoms with Gasteiger partial charge in [-0.25, -0.2) is 0 Å². The first-order chi connectivity index (χ1) is 6.02. The number of quaternary nitrogens is 1. The molecular weight excluding hydrogens is 190 g/mol. The number of benzene rings is 1. The quantitative estimate of drug-likeness (QED) is 0.695. The molecule has 0 heterocycles. The average Bonchev–Trinajstić information content (AvgIpc) is 2.03. The van der Waals surface area contributed by atoms with Crippen molar-refractivity contribution in [2.24, 2.45) is 0 Å². The van der Waals surface area contributed by atoms with Crippen molar-refractivity contribution in [1.82, 2.24) is 0 Å². The van der Waals surface area contributed by atoms with Gasteiger partial charge < -0.3 is 15.6 Å². The van der Waals surface area contributed by atoms with E-state index in [0.29, 0.717) is 10.5 Å². The monoisotopic (exact) mass is 200 g/mol. The predicted molar refractivity (Wildman–Crippen MR) is 50.9 cm³/mol. The van der Waals surface area contributed by atoms with E-state index in [-0.39, 0.29) is 5.69 Å². The summed E-state index contributed by atoms with van der Waals surface area (Å²) in [6, 6.07) is 4.42. The summed E-state index contributed by atoms with van der Waals surface area (Å²) in [6.07, 6.45) is 1.56. The van der Waals surface area contributed by atoms with Crippen LogP contribution < -0.4 is 5.23 Å². The van der Waals surface area contributed by atoms with E-state index in [4.69, 9.17) is 0 Å². The first-order valence-corrected chi connectivity index (χ1v) is 5.23. The van der Waals surface area contributed by atoms with Crippen molar-refractivity contribution in [2.75, 3.05) is 6.26 Å². The first kappa shape index (κ1) is 10.3. The fourth-order valence-electron chi connectivity index (χ4n) is 1.10. The highest BCUT2D eigenvalue weighted by atomic mass is 32.2. The molecule has 1 unspecified atom stereocenters. The summed E-state index contributed by atoms with van der Waals surface area (Å²) in [5.74, 6) is 0. The van der Waals surface area contributed by atoms with Crippen LogP contribution in [0.1, 0.15) is 5.56 Å². The van der Waals surface area contributed by atoms with Crippen LogP contribution in [0, 0.1) is 17.3 Å². The molecule has 1 N–H and O–H groups in total. The van der Waals surface area contributed by atoms with E-state index in [1.807, 2.05) is 0 Å².